The van der Waals surface area contributed by atoms with Gasteiger partial charge in [0.2, 0.25) is 0 Å². The summed E-state index contributed by atoms with van der Waals surface area (Å²) in [7, 11) is 3.04. The summed E-state index contributed by atoms with van der Waals surface area (Å²) < 4.78 is 15.7. The quantitative estimate of drug-likeness (QED) is 0.597. The molecule has 0 saturated carbocycles. The maximum absolute atomic E-state index is 12.2. The molecule has 0 unspecified atom stereocenters. The van der Waals surface area contributed by atoms with Gasteiger partial charge >= 0.3 is 5.97 Å². The second-order valence-electron chi connectivity index (χ2n) is 4.64. The number of hydrogen-bond donors (Lipinski definition) is 0. The summed E-state index contributed by atoms with van der Waals surface area (Å²) >= 11 is 11.8. The second kappa shape index (κ2) is 7.53. The van der Waals surface area contributed by atoms with Crippen molar-refractivity contribution in [3.63, 3.8) is 0 Å². The lowest BCUT2D eigenvalue weighted by Crippen LogP contribution is -2.08. The minimum absolute atomic E-state index is 0.0866. The van der Waals surface area contributed by atoms with E-state index in [0.717, 1.165) is 5.56 Å². The smallest absolute Gasteiger partial charge is 0.338 e. The van der Waals surface area contributed by atoms with Gasteiger partial charge in [-0.3, -0.25) is 0 Å². The molecule has 0 spiro atoms. The molecular formula is C16H15Cl2NO4. The number of carbonyl (C=O) groups excluding carboxylic acids is 1. The van der Waals surface area contributed by atoms with Crippen LogP contribution in [0.2, 0.25) is 10.2 Å². The Hall–Kier alpha value is -1.98. The van der Waals surface area contributed by atoms with Crippen molar-refractivity contribution in [3.05, 3.63) is 51.3 Å². The Bertz CT molecular complexity index is 709. The van der Waals surface area contributed by atoms with Crippen molar-refractivity contribution in [1.82, 2.24) is 4.98 Å². The van der Waals surface area contributed by atoms with Crippen molar-refractivity contribution in [2.75, 3.05) is 14.2 Å². The lowest BCUT2D eigenvalue weighted by molar-refractivity contribution is 0.0467. The molecule has 0 atom stereocenters. The van der Waals surface area contributed by atoms with Crippen LogP contribution in [-0.4, -0.2) is 25.2 Å². The molecule has 122 valence electrons. The molecule has 1 aromatic heterocycles. The van der Waals surface area contributed by atoms with Crippen LogP contribution in [0.4, 0.5) is 0 Å². The van der Waals surface area contributed by atoms with E-state index in [0.29, 0.717) is 27.8 Å². The summed E-state index contributed by atoms with van der Waals surface area (Å²) in [5.74, 6) is 0.532. The van der Waals surface area contributed by atoms with Gasteiger partial charge in [0.25, 0.3) is 0 Å². The van der Waals surface area contributed by atoms with E-state index in [1.54, 1.807) is 24.3 Å². The van der Waals surface area contributed by atoms with Gasteiger partial charge < -0.3 is 14.2 Å². The highest BCUT2D eigenvalue weighted by Crippen LogP contribution is 2.30. The zero-order valence-corrected chi connectivity index (χ0v) is 14.4. The maximum Gasteiger partial charge on any atom is 0.338 e. The van der Waals surface area contributed by atoms with E-state index in [4.69, 9.17) is 37.4 Å². The number of nitrogens with zero attached hydrogens (tertiary/aromatic N) is 1. The number of rotatable bonds is 5. The third kappa shape index (κ3) is 4.06. The van der Waals surface area contributed by atoms with Crippen molar-refractivity contribution in [2.45, 2.75) is 13.5 Å². The normalized spacial score (nSPS) is 10.3. The first-order valence-electron chi connectivity index (χ1n) is 6.67. The molecule has 0 amide bonds. The van der Waals surface area contributed by atoms with Gasteiger partial charge in [0.05, 0.1) is 30.5 Å². The molecular weight excluding hydrogens is 341 g/mol. The summed E-state index contributed by atoms with van der Waals surface area (Å²) in [5, 5.41) is 0.653. The number of ether oxygens (including phenoxy) is 3. The Labute approximate surface area is 144 Å². The minimum atomic E-state index is -0.542. The highest BCUT2D eigenvalue weighted by atomic mass is 35.5. The number of aromatic nitrogens is 1. The van der Waals surface area contributed by atoms with Gasteiger partial charge in [0, 0.05) is 5.56 Å². The van der Waals surface area contributed by atoms with Gasteiger partial charge in [-0.2, -0.15) is 0 Å². The summed E-state index contributed by atoms with van der Waals surface area (Å²) in [4.78, 5) is 16.3. The summed E-state index contributed by atoms with van der Waals surface area (Å²) in [5.41, 5.74) is 1.49. The van der Waals surface area contributed by atoms with Crippen LogP contribution in [0.5, 0.6) is 11.5 Å². The fraction of sp³-hybridized carbons (Fsp3) is 0.250. The molecule has 23 heavy (non-hydrogen) atoms. The fourth-order valence-corrected chi connectivity index (χ4v) is 2.30. The van der Waals surface area contributed by atoms with Gasteiger partial charge in [0.1, 0.15) is 23.3 Å². The Morgan fingerprint density at radius 2 is 1.74 bits per heavy atom. The van der Waals surface area contributed by atoms with Gasteiger partial charge in [-0.25, -0.2) is 9.78 Å². The molecule has 1 heterocycles. The maximum atomic E-state index is 12.2. The molecule has 0 aliphatic heterocycles. The molecule has 5 nitrogen and oxygen atoms in total. The van der Waals surface area contributed by atoms with Gasteiger partial charge in [0.15, 0.2) is 0 Å². The summed E-state index contributed by atoms with van der Waals surface area (Å²) in [6.45, 7) is 1.75. The Balaban J connectivity index is 2.19. The molecule has 0 N–H and O–H groups in total. The molecule has 2 rings (SSSR count). The van der Waals surface area contributed by atoms with Crippen molar-refractivity contribution in [1.29, 1.82) is 0 Å². The standard InChI is InChI=1S/C16H15Cl2NO4/c1-9-13(21-2)6-10(7-14(9)22-3)16(20)23-8-12-11(17)4-5-15(18)19-12/h4-7H,8H2,1-3H3. The zero-order valence-electron chi connectivity index (χ0n) is 12.9. The van der Waals surface area contributed by atoms with Crippen LogP contribution in [0.25, 0.3) is 0 Å². The highest BCUT2D eigenvalue weighted by molar-refractivity contribution is 6.32. The number of hydrogen-bond acceptors (Lipinski definition) is 5. The third-order valence-corrected chi connectivity index (χ3v) is 3.77. The van der Waals surface area contributed by atoms with Crippen LogP contribution in [0.15, 0.2) is 24.3 Å². The lowest BCUT2D eigenvalue weighted by atomic mass is 10.1. The average molecular weight is 356 g/mol. The van der Waals surface area contributed by atoms with Crippen LogP contribution >= 0.6 is 23.2 Å². The van der Waals surface area contributed by atoms with E-state index in [9.17, 15) is 4.79 Å². The molecule has 0 bridgehead atoms. The van der Waals surface area contributed by atoms with Gasteiger partial charge in [-0.1, -0.05) is 23.2 Å². The molecule has 2 aromatic rings. The molecule has 0 radical (unpaired) electrons. The largest absolute Gasteiger partial charge is 0.496 e. The first kappa shape index (κ1) is 17.4. The van der Waals surface area contributed by atoms with Crippen LogP contribution in [0.3, 0.4) is 0 Å². The fourth-order valence-electron chi connectivity index (χ4n) is 1.98. The van der Waals surface area contributed by atoms with E-state index in [2.05, 4.69) is 4.98 Å². The first-order chi connectivity index (χ1) is 11.0. The molecule has 0 aliphatic carbocycles. The van der Waals surface area contributed by atoms with Crippen molar-refractivity contribution < 1.29 is 19.0 Å². The lowest BCUT2D eigenvalue weighted by Gasteiger charge is -2.12. The second-order valence-corrected chi connectivity index (χ2v) is 5.44. The van der Waals surface area contributed by atoms with E-state index < -0.39 is 5.97 Å². The molecule has 0 saturated heterocycles. The van der Waals surface area contributed by atoms with E-state index in [1.165, 1.54) is 14.2 Å². The predicted molar refractivity (Wildman–Crippen MR) is 87.7 cm³/mol. The van der Waals surface area contributed by atoms with Crippen LogP contribution < -0.4 is 9.47 Å². The first-order valence-corrected chi connectivity index (χ1v) is 7.42. The predicted octanol–water partition coefficient (Wildman–Crippen LogP) is 4.07. The number of carbonyl (C=O) groups is 1. The van der Waals surface area contributed by atoms with Crippen LogP contribution in [0, 0.1) is 6.92 Å². The Morgan fingerprint density at radius 3 is 2.30 bits per heavy atom. The number of pyridine rings is 1. The van der Waals surface area contributed by atoms with Crippen molar-refractivity contribution in [3.8, 4) is 11.5 Å². The number of benzene rings is 1. The van der Waals surface area contributed by atoms with Gasteiger partial charge in [-0.05, 0) is 31.2 Å². The Kier molecular flexibility index (Phi) is 5.69. The minimum Gasteiger partial charge on any atom is -0.496 e. The zero-order chi connectivity index (χ0) is 17.0. The van der Waals surface area contributed by atoms with Crippen LogP contribution in [-0.2, 0) is 11.3 Å². The van der Waals surface area contributed by atoms with E-state index >= 15 is 0 Å². The monoisotopic (exact) mass is 355 g/mol. The van der Waals surface area contributed by atoms with E-state index in [-0.39, 0.29) is 11.8 Å². The number of methoxy groups -OCH3 is 2. The van der Waals surface area contributed by atoms with Gasteiger partial charge in [-0.15, -0.1) is 0 Å². The summed E-state index contributed by atoms with van der Waals surface area (Å²) in [6, 6.07) is 6.34. The molecule has 7 heteroatoms. The summed E-state index contributed by atoms with van der Waals surface area (Å²) in [6.07, 6.45) is 0. The number of esters is 1. The van der Waals surface area contributed by atoms with Crippen molar-refractivity contribution in [2.24, 2.45) is 0 Å². The number of halogens is 2. The molecule has 0 fully saturated rings. The molecule has 1 aromatic carbocycles. The SMILES string of the molecule is COc1cc(C(=O)OCc2nc(Cl)ccc2Cl)cc(OC)c1C. The van der Waals surface area contributed by atoms with E-state index in [1.807, 2.05) is 6.92 Å². The highest BCUT2D eigenvalue weighted by Gasteiger charge is 2.15. The van der Waals surface area contributed by atoms with Crippen molar-refractivity contribution >= 4 is 29.2 Å². The third-order valence-electron chi connectivity index (χ3n) is 3.21. The Morgan fingerprint density at radius 1 is 1.13 bits per heavy atom. The van der Waals surface area contributed by atoms with Crippen LogP contribution in [0.1, 0.15) is 21.6 Å². The topological polar surface area (TPSA) is 57.7 Å². The molecule has 0 aliphatic rings. The average Bonchev–Trinajstić information content (AvgIpc) is 2.55.